The molecule has 1 N–H and O–H groups in total. The molecule has 1 aliphatic rings. The Bertz CT molecular complexity index is 450. The lowest BCUT2D eigenvalue weighted by Gasteiger charge is -2.24. The highest BCUT2D eigenvalue weighted by Gasteiger charge is 2.17. The van der Waals surface area contributed by atoms with Gasteiger partial charge < -0.3 is 14.7 Å². The zero-order chi connectivity index (χ0) is 13.1. The van der Waals surface area contributed by atoms with Crippen molar-refractivity contribution in [3.8, 4) is 0 Å². The molecule has 1 atom stereocenters. The molecule has 0 saturated carbocycles. The van der Waals surface area contributed by atoms with Crippen molar-refractivity contribution in [3.63, 3.8) is 0 Å². The predicted octanol–water partition coefficient (Wildman–Crippen LogP) is 2.65. The standard InChI is InChI=1S/C13H16ClNO3/c1-9-8-15(5-2-6-18-9)10-3-4-11(13(16)17)12(14)7-10/h3-4,7,9H,2,5-6,8H2,1H3,(H,16,17). The van der Waals surface area contributed by atoms with Crippen LogP contribution in [-0.4, -0.2) is 36.9 Å². The van der Waals surface area contributed by atoms with Gasteiger partial charge in [-0.15, -0.1) is 0 Å². The summed E-state index contributed by atoms with van der Waals surface area (Å²) in [6.07, 6.45) is 1.13. The SMILES string of the molecule is CC1CN(c2ccc(C(=O)O)c(Cl)c2)CCCO1. The number of nitrogens with zero attached hydrogens (tertiary/aromatic N) is 1. The molecule has 1 aliphatic heterocycles. The molecule has 0 aromatic heterocycles. The fourth-order valence-electron chi connectivity index (χ4n) is 2.10. The van der Waals surface area contributed by atoms with Gasteiger partial charge in [0.15, 0.2) is 0 Å². The van der Waals surface area contributed by atoms with E-state index in [1.54, 1.807) is 18.2 Å². The quantitative estimate of drug-likeness (QED) is 0.897. The molecule has 5 heteroatoms. The van der Waals surface area contributed by atoms with Crippen LogP contribution < -0.4 is 4.90 Å². The molecule has 98 valence electrons. The van der Waals surface area contributed by atoms with Crippen LogP contribution in [0.3, 0.4) is 0 Å². The number of carboxylic acid groups (broad SMARTS) is 1. The number of hydrogen-bond donors (Lipinski definition) is 1. The van der Waals surface area contributed by atoms with E-state index in [0.29, 0.717) is 0 Å². The largest absolute Gasteiger partial charge is 0.478 e. The number of ether oxygens (including phenoxy) is 1. The van der Waals surface area contributed by atoms with Gasteiger partial charge in [0.1, 0.15) is 0 Å². The Kier molecular flexibility index (Phi) is 4.09. The van der Waals surface area contributed by atoms with Crippen molar-refractivity contribution in [3.05, 3.63) is 28.8 Å². The second kappa shape index (κ2) is 5.59. The summed E-state index contributed by atoms with van der Waals surface area (Å²) in [5.41, 5.74) is 1.09. The Hall–Kier alpha value is -1.26. The van der Waals surface area contributed by atoms with Gasteiger partial charge in [-0.25, -0.2) is 4.79 Å². The lowest BCUT2D eigenvalue weighted by Crippen LogP contribution is -2.30. The summed E-state index contributed by atoms with van der Waals surface area (Å²) in [6.45, 7) is 4.49. The molecular formula is C13H16ClNO3. The van der Waals surface area contributed by atoms with Gasteiger partial charge in [0.05, 0.1) is 16.7 Å². The Balaban J connectivity index is 2.22. The first-order valence-electron chi connectivity index (χ1n) is 5.97. The van der Waals surface area contributed by atoms with E-state index in [9.17, 15) is 4.79 Å². The van der Waals surface area contributed by atoms with Crippen LogP contribution in [0, 0.1) is 0 Å². The first-order valence-corrected chi connectivity index (χ1v) is 6.35. The average Bonchev–Trinajstić information content (AvgIpc) is 2.53. The topological polar surface area (TPSA) is 49.8 Å². The molecule has 1 saturated heterocycles. The second-order valence-electron chi connectivity index (χ2n) is 4.45. The molecule has 0 bridgehead atoms. The molecule has 18 heavy (non-hydrogen) atoms. The Labute approximate surface area is 111 Å². The monoisotopic (exact) mass is 269 g/mol. The van der Waals surface area contributed by atoms with Crippen LogP contribution in [0.25, 0.3) is 0 Å². The van der Waals surface area contributed by atoms with Gasteiger partial charge in [0.25, 0.3) is 0 Å². The molecule has 1 unspecified atom stereocenters. The number of benzene rings is 1. The van der Waals surface area contributed by atoms with Crippen LogP contribution in [0.2, 0.25) is 5.02 Å². The van der Waals surface area contributed by atoms with Crippen LogP contribution >= 0.6 is 11.6 Å². The zero-order valence-electron chi connectivity index (χ0n) is 10.2. The average molecular weight is 270 g/mol. The van der Waals surface area contributed by atoms with Crippen molar-refractivity contribution < 1.29 is 14.6 Å². The van der Waals surface area contributed by atoms with E-state index in [2.05, 4.69) is 4.90 Å². The number of carboxylic acids is 1. The molecule has 0 radical (unpaired) electrons. The van der Waals surface area contributed by atoms with E-state index in [4.69, 9.17) is 21.4 Å². The number of anilines is 1. The molecule has 0 aliphatic carbocycles. The summed E-state index contributed by atoms with van der Waals surface area (Å²) in [5.74, 6) is -1.00. The van der Waals surface area contributed by atoms with Crippen molar-refractivity contribution in [1.82, 2.24) is 0 Å². The Morgan fingerprint density at radius 3 is 3.00 bits per heavy atom. The van der Waals surface area contributed by atoms with Gasteiger partial charge in [0.2, 0.25) is 0 Å². The zero-order valence-corrected chi connectivity index (χ0v) is 11.0. The van der Waals surface area contributed by atoms with E-state index in [-0.39, 0.29) is 16.7 Å². The van der Waals surface area contributed by atoms with Gasteiger partial charge in [-0.1, -0.05) is 11.6 Å². The smallest absolute Gasteiger partial charge is 0.337 e. The summed E-state index contributed by atoms with van der Waals surface area (Å²) in [5, 5.41) is 9.21. The summed E-state index contributed by atoms with van der Waals surface area (Å²) in [6, 6.07) is 5.06. The normalized spacial score (nSPS) is 20.6. The maximum atomic E-state index is 10.9. The molecule has 1 fully saturated rings. The van der Waals surface area contributed by atoms with Crippen molar-refractivity contribution in [2.45, 2.75) is 19.4 Å². The van der Waals surface area contributed by atoms with Crippen molar-refractivity contribution in [1.29, 1.82) is 0 Å². The van der Waals surface area contributed by atoms with Crippen molar-refractivity contribution >= 4 is 23.3 Å². The van der Waals surface area contributed by atoms with Crippen molar-refractivity contribution in [2.24, 2.45) is 0 Å². The fraction of sp³-hybridized carbons (Fsp3) is 0.462. The van der Waals surface area contributed by atoms with E-state index in [0.717, 1.165) is 31.8 Å². The van der Waals surface area contributed by atoms with Crippen LogP contribution in [0.1, 0.15) is 23.7 Å². The maximum Gasteiger partial charge on any atom is 0.337 e. The van der Waals surface area contributed by atoms with E-state index in [1.165, 1.54) is 0 Å². The molecule has 1 heterocycles. The molecule has 2 rings (SSSR count). The van der Waals surface area contributed by atoms with E-state index in [1.807, 2.05) is 6.92 Å². The summed E-state index contributed by atoms with van der Waals surface area (Å²) in [7, 11) is 0. The lowest BCUT2D eigenvalue weighted by molar-refractivity contribution is 0.0697. The fourth-order valence-corrected chi connectivity index (χ4v) is 2.36. The minimum absolute atomic E-state index is 0.138. The minimum atomic E-state index is -1.00. The summed E-state index contributed by atoms with van der Waals surface area (Å²) >= 11 is 5.98. The highest BCUT2D eigenvalue weighted by molar-refractivity contribution is 6.33. The van der Waals surface area contributed by atoms with Crippen molar-refractivity contribution in [2.75, 3.05) is 24.6 Å². The third-order valence-corrected chi connectivity index (χ3v) is 3.31. The summed E-state index contributed by atoms with van der Waals surface area (Å²) < 4.78 is 5.58. The molecule has 0 amide bonds. The van der Waals surface area contributed by atoms with Crippen LogP contribution in [0.4, 0.5) is 5.69 Å². The minimum Gasteiger partial charge on any atom is -0.478 e. The Morgan fingerprint density at radius 1 is 1.56 bits per heavy atom. The van der Waals surface area contributed by atoms with Gasteiger partial charge in [-0.05, 0) is 31.5 Å². The van der Waals surface area contributed by atoms with Crippen LogP contribution in [-0.2, 0) is 4.74 Å². The first kappa shape index (κ1) is 13.2. The molecule has 1 aromatic rings. The number of halogens is 1. The lowest BCUT2D eigenvalue weighted by atomic mass is 10.2. The second-order valence-corrected chi connectivity index (χ2v) is 4.86. The van der Waals surface area contributed by atoms with E-state index < -0.39 is 5.97 Å². The highest BCUT2D eigenvalue weighted by Crippen LogP contribution is 2.25. The third kappa shape index (κ3) is 2.94. The van der Waals surface area contributed by atoms with Crippen LogP contribution in [0.15, 0.2) is 18.2 Å². The number of hydrogen-bond acceptors (Lipinski definition) is 3. The molecule has 0 spiro atoms. The number of aromatic carboxylic acids is 1. The predicted molar refractivity (Wildman–Crippen MR) is 70.7 cm³/mol. The van der Waals surface area contributed by atoms with Gasteiger partial charge in [-0.2, -0.15) is 0 Å². The number of rotatable bonds is 2. The van der Waals surface area contributed by atoms with Crippen LogP contribution in [0.5, 0.6) is 0 Å². The van der Waals surface area contributed by atoms with E-state index >= 15 is 0 Å². The highest BCUT2D eigenvalue weighted by atomic mass is 35.5. The van der Waals surface area contributed by atoms with Gasteiger partial charge in [0, 0.05) is 25.4 Å². The van der Waals surface area contributed by atoms with Gasteiger partial charge in [-0.3, -0.25) is 0 Å². The first-order chi connectivity index (χ1) is 8.58. The molecule has 1 aromatic carbocycles. The molecular weight excluding hydrogens is 254 g/mol. The van der Waals surface area contributed by atoms with Gasteiger partial charge >= 0.3 is 5.97 Å². The molecule has 4 nitrogen and oxygen atoms in total. The maximum absolute atomic E-state index is 10.9. The number of carbonyl (C=O) groups is 1. The third-order valence-electron chi connectivity index (χ3n) is 3.00. The summed E-state index contributed by atoms with van der Waals surface area (Å²) in [4.78, 5) is 13.1. The Morgan fingerprint density at radius 2 is 2.33 bits per heavy atom.